The fourth-order valence-corrected chi connectivity index (χ4v) is 4.51. The summed E-state index contributed by atoms with van der Waals surface area (Å²) in [5.41, 5.74) is 11.3. The van der Waals surface area contributed by atoms with E-state index in [1.807, 2.05) is 33.0 Å². The second kappa shape index (κ2) is 11.1. The number of rotatable bonds is 5. The zero-order chi connectivity index (χ0) is 27.4. The molecular formula is C31H33N5O3. The van der Waals surface area contributed by atoms with Crippen LogP contribution in [0.4, 0.5) is 4.79 Å². The van der Waals surface area contributed by atoms with Gasteiger partial charge in [0.05, 0.1) is 43.2 Å². The van der Waals surface area contributed by atoms with Crippen LogP contribution in [0.5, 0.6) is 0 Å². The smallest absolute Gasteiger partial charge is 0.410 e. The average Bonchev–Trinajstić information content (AvgIpc) is 3.48. The third-order valence-corrected chi connectivity index (χ3v) is 6.50. The molecule has 8 nitrogen and oxygen atoms in total. The maximum Gasteiger partial charge on any atom is 0.410 e. The summed E-state index contributed by atoms with van der Waals surface area (Å²) in [6.07, 6.45) is 6.31. The van der Waals surface area contributed by atoms with E-state index in [-0.39, 0.29) is 12.1 Å². The number of amides is 1. The van der Waals surface area contributed by atoms with Crippen LogP contribution in [-0.4, -0.2) is 58.6 Å². The number of aliphatic imine (C=N–C) groups is 1. The SMILES string of the molecule is CC(C)(C)OC(=O)N1CCOCC1/C=N/C(=C\N)c1ccc2cc(-c3ccc(-c4cnc[nH]4)cc3)ccc2c1. The van der Waals surface area contributed by atoms with Gasteiger partial charge in [0, 0.05) is 24.5 Å². The van der Waals surface area contributed by atoms with Crippen LogP contribution in [-0.2, 0) is 9.47 Å². The first-order valence-electron chi connectivity index (χ1n) is 13.0. The van der Waals surface area contributed by atoms with Crippen molar-refractivity contribution in [3.05, 3.63) is 85.0 Å². The van der Waals surface area contributed by atoms with E-state index in [2.05, 4.69) is 69.6 Å². The van der Waals surface area contributed by atoms with Gasteiger partial charge in [0.2, 0.25) is 0 Å². The molecule has 2 heterocycles. The van der Waals surface area contributed by atoms with Crippen molar-refractivity contribution in [2.75, 3.05) is 19.8 Å². The van der Waals surface area contributed by atoms with E-state index in [4.69, 9.17) is 15.2 Å². The Morgan fingerprint density at radius 2 is 1.79 bits per heavy atom. The van der Waals surface area contributed by atoms with Crippen LogP contribution in [0.2, 0.25) is 0 Å². The minimum atomic E-state index is -0.575. The summed E-state index contributed by atoms with van der Waals surface area (Å²) in [6, 6.07) is 20.6. The minimum Gasteiger partial charge on any atom is -0.444 e. The van der Waals surface area contributed by atoms with Crippen LogP contribution < -0.4 is 5.73 Å². The monoisotopic (exact) mass is 523 g/mol. The molecule has 0 aliphatic carbocycles. The van der Waals surface area contributed by atoms with Crippen LogP contribution in [0.3, 0.4) is 0 Å². The third kappa shape index (κ3) is 6.18. The van der Waals surface area contributed by atoms with Crippen LogP contribution >= 0.6 is 0 Å². The first-order chi connectivity index (χ1) is 18.8. The molecule has 200 valence electrons. The number of benzene rings is 3. The number of ether oxygens (including phenoxy) is 2. The number of aromatic nitrogens is 2. The second-order valence-electron chi connectivity index (χ2n) is 10.5. The van der Waals surface area contributed by atoms with E-state index >= 15 is 0 Å². The third-order valence-electron chi connectivity index (χ3n) is 6.50. The van der Waals surface area contributed by atoms with E-state index in [0.29, 0.717) is 25.5 Å². The minimum absolute atomic E-state index is 0.341. The Kier molecular flexibility index (Phi) is 7.47. The Balaban J connectivity index is 1.33. The highest BCUT2D eigenvalue weighted by atomic mass is 16.6. The Morgan fingerprint density at radius 1 is 1.08 bits per heavy atom. The number of aromatic amines is 1. The highest BCUT2D eigenvalue weighted by molar-refractivity contribution is 5.91. The van der Waals surface area contributed by atoms with Crippen LogP contribution in [0, 0.1) is 0 Å². The van der Waals surface area contributed by atoms with Gasteiger partial charge in [-0.15, -0.1) is 0 Å². The van der Waals surface area contributed by atoms with Gasteiger partial charge in [-0.2, -0.15) is 0 Å². The van der Waals surface area contributed by atoms with Gasteiger partial charge in [0.1, 0.15) is 5.60 Å². The summed E-state index contributed by atoms with van der Waals surface area (Å²) in [6.45, 7) is 6.81. The number of fused-ring (bicyclic) bond motifs is 1. The number of carbonyl (C=O) groups excluding carboxylic acids is 1. The van der Waals surface area contributed by atoms with Crippen molar-refractivity contribution in [3.63, 3.8) is 0 Å². The van der Waals surface area contributed by atoms with Crippen LogP contribution in [0.15, 0.2) is 84.4 Å². The van der Waals surface area contributed by atoms with Gasteiger partial charge in [0.15, 0.2) is 0 Å². The molecule has 8 heteroatoms. The molecule has 0 bridgehead atoms. The summed E-state index contributed by atoms with van der Waals surface area (Å²) in [4.78, 5) is 26.2. The number of imidazole rings is 1. The molecule has 1 atom stereocenters. The molecule has 5 rings (SSSR count). The van der Waals surface area contributed by atoms with E-state index in [1.165, 1.54) is 6.20 Å². The summed E-state index contributed by atoms with van der Waals surface area (Å²) in [7, 11) is 0. The Morgan fingerprint density at radius 3 is 2.51 bits per heavy atom. The molecule has 1 saturated heterocycles. The van der Waals surface area contributed by atoms with Gasteiger partial charge in [-0.25, -0.2) is 9.78 Å². The van der Waals surface area contributed by atoms with Crippen molar-refractivity contribution in [2.24, 2.45) is 10.7 Å². The summed E-state index contributed by atoms with van der Waals surface area (Å²) >= 11 is 0. The van der Waals surface area contributed by atoms with Crippen LogP contribution in [0.25, 0.3) is 38.9 Å². The number of hydrogen-bond acceptors (Lipinski definition) is 6. The van der Waals surface area contributed by atoms with Gasteiger partial charge in [-0.3, -0.25) is 9.89 Å². The molecule has 1 aromatic heterocycles. The zero-order valence-corrected chi connectivity index (χ0v) is 22.4. The van der Waals surface area contributed by atoms with Crippen molar-refractivity contribution in [1.82, 2.24) is 14.9 Å². The quantitative estimate of drug-likeness (QED) is 0.319. The van der Waals surface area contributed by atoms with E-state index in [1.54, 1.807) is 17.4 Å². The molecular weight excluding hydrogens is 490 g/mol. The second-order valence-corrected chi connectivity index (χ2v) is 10.5. The van der Waals surface area contributed by atoms with E-state index < -0.39 is 5.60 Å². The molecule has 4 aromatic rings. The molecule has 1 fully saturated rings. The molecule has 3 aromatic carbocycles. The predicted octanol–water partition coefficient (Wildman–Crippen LogP) is 5.86. The van der Waals surface area contributed by atoms with Crippen molar-refractivity contribution in [1.29, 1.82) is 0 Å². The number of H-pyrrole nitrogens is 1. The number of nitrogens with zero attached hydrogens (tertiary/aromatic N) is 3. The molecule has 1 amide bonds. The summed E-state index contributed by atoms with van der Waals surface area (Å²) < 4.78 is 11.2. The van der Waals surface area contributed by atoms with Gasteiger partial charge >= 0.3 is 6.09 Å². The first kappa shape index (κ1) is 26.2. The number of carbonyl (C=O) groups is 1. The Labute approximate surface area is 228 Å². The average molecular weight is 524 g/mol. The maximum atomic E-state index is 12.7. The number of nitrogens with two attached hydrogens (primary N) is 1. The topological polar surface area (TPSA) is 106 Å². The summed E-state index contributed by atoms with van der Waals surface area (Å²) in [5, 5.41) is 2.20. The molecule has 1 aliphatic rings. The molecule has 3 N–H and O–H groups in total. The lowest BCUT2D eigenvalue weighted by molar-refractivity contribution is -0.0169. The fraction of sp³-hybridized carbons (Fsp3) is 0.258. The van der Waals surface area contributed by atoms with E-state index in [9.17, 15) is 4.79 Å². The van der Waals surface area contributed by atoms with Crippen molar-refractivity contribution >= 4 is 28.8 Å². The summed E-state index contributed by atoms with van der Waals surface area (Å²) in [5.74, 6) is 0. The first-order valence-corrected chi connectivity index (χ1v) is 13.0. The molecule has 39 heavy (non-hydrogen) atoms. The predicted molar refractivity (Wildman–Crippen MR) is 155 cm³/mol. The fourth-order valence-electron chi connectivity index (χ4n) is 4.51. The molecule has 1 aliphatic heterocycles. The number of morpholine rings is 1. The maximum absolute atomic E-state index is 12.7. The van der Waals surface area contributed by atoms with Crippen molar-refractivity contribution in [2.45, 2.75) is 32.4 Å². The number of nitrogens with one attached hydrogen (secondary N) is 1. The largest absolute Gasteiger partial charge is 0.444 e. The highest BCUT2D eigenvalue weighted by Gasteiger charge is 2.30. The highest BCUT2D eigenvalue weighted by Crippen LogP contribution is 2.29. The Bertz CT molecular complexity index is 1500. The Hall–Kier alpha value is -4.43. The standard InChI is InChI=1S/C31H33N5O3/c1-31(2,3)39-30(37)36-12-13-38-19-27(36)17-34-28(16-32)26-11-10-24-14-23(8-9-25(24)15-26)21-4-6-22(7-5-21)29-18-33-20-35-29/h4-11,14-18,20,27H,12-13,19,32H2,1-3H3,(H,33,35)/b28-16-,34-17+. The van der Waals surface area contributed by atoms with Gasteiger partial charge in [0.25, 0.3) is 0 Å². The van der Waals surface area contributed by atoms with Crippen LogP contribution in [0.1, 0.15) is 26.3 Å². The normalized spacial score (nSPS) is 16.6. The molecule has 0 saturated carbocycles. The van der Waals surface area contributed by atoms with Crippen molar-refractivity contribution < 1.29 is 14.3 Å². The van der Waals surface area contributed by atoms with E-state index in [0.717, 1.165) is 38.7 Å². The van der Waals surface area contributed by atoms with Gasteiger partial charge < -0.3 is 20.2 Å². The number of hydrogen-bond donors (Lipinski definition) is 2. The van der Waals surface area contributed by atoms with Gasteiger partial charge in [-0.1, -0.05) is 48.5 Å². The van der Waals surface area contributed by atoms with Crippen molar-refractivity contribution in [3.8, 4) is 22.4 Å². The lowest BCUT2D eigenvalue weighted by Crippen LogP contribution is -2.51. The zero-order valence-electron chi connectivity index (χ0n) is 22.4. The lowest BCUT2D eigenvalue weighted by atomic mass is 9.98. The molecule has 0 spiro atoms. The lowest BCUT2D eigenvalue weighted by Gasteiger charge is -2.34. The van der Waals surface area contributed by atoms with Gasteiger partial charge in [-0.05, 0) is 60.4 Å². The molecule has 0 radical (unpaired) electrons. The molecule has 1 unspecified atom stereocenters.